The Kier molecular flexibility index (Phi) is 9.83. The second-order valence-electron chi connectivity index (χ2n) is 4.63. The van der Waals surface area contributed by atoms with E-state index in [-0.39, 0.29) is 5.97 Å². The van der Waals surface area contributed by atoms with Crippen LogP contribution in [-0.2, 0) is 9.53 Å². The third-order valence-electron chi connectivity index (χ3n) is 2.70. The van der Waals surface area contributed by atoms with E-state index < -0.39 is 6.23 Å². The molecule has 3 nitrogen and oxygen atoms in total. The molecule has 3 heteroatoms. The van der Waals surface area contributed by atoms with Crippen LogP contribution < -0.4 is 5.73 Å². The van der Waals surface area contributed by atoms with Gasteiger partial charge >= 0.3 is 5.97 Å². The minimum absolute atomic E-state index is 0.388. The van der Waals surface area contributed by atoms with Gasteiger partial charge in [0, 0.05) is 5.57 Å². The molecule has 0 rings (SSSR count). The highest BCUT2D eigenvalue weighted by atomic mass is 16.6. The molecule has 2 N–H and O–H groups in total. The van der Waals surface area contributed by atoms with Crippen molar-refractivity contribution >= 4 is 5.97 Å². The van der Waals surface area contributed by atoms with Gasteiger partial charge in [-0.05, 0) is 19.8 Å². The second kappa shape index (κ2) is 10.3. The van der Waals surface area contributed by atoms with Gasteiger partial charge in [-0.2, -0.15) is 0 Å². The number of carbonyl (C=O) groups excluding carboxylic acids is 1. The maximum absolute atomic E-state index is 11.2. The molecular weight excluding hydrogens is 214 g/mol. The van der Waals surface area contributed by atoms with Crippen LogP contribution in [0.1, 0.15) is 65.2 Å². The van der Waals surface area contributed by atoms with Gasteiger partial charge in [-0.3, -0.25) is 5.73 Å². The van der Waals surface area contributed by atoms with Gasteiger partial charge in [0.2, 0.25) is 0 Å². The molecule has 0 aromatic rings. The predicted octanol–water partition coefficient (Wildman–Crippen LogP) is 3.53. The summed E-state index contributed by atoms with van der Waals surface area (Å²) in [5, 5.41) is 0. The first kappa shape index (κ1) is 16.2. The number of ether oxygens (including phenoxy) is 1. The lowest BCUT2D eigenvalue weighted by Gasteiger charge is -2.12. The van der Waals surface area contributed by atoms with E-state index in [1.165, 1.54) is 38.5 Å². The smallest absolute Gasteiger partial charge is 0.334 e. The van der Waals surface area contributed by atoms with Gasteiger partial charge in [0.15, 0.2) is 6.23 Å². The van der Waals surface area contributed by atoms with Crippen LogP contribution >= 0.6 is 0 Å². The van der Waals surface area contributed by atoms with Crippen molar-refractivity contribution in [3.05, 3.63) is 12.2 Å². The van der Waals surface area contributed by atoms with Crippen LogP contribution in [0.4, 0.5) is 0 Å². The molecule has 0 aliphatic rings. The highest BCUT2D eigenvalue weighted by molar-refractivity contribution is 5.87. The fourth-order valence-corrected chi connectivity index (χ4v) is 1.60. The third kappa shape index (κ3) is 10.1. The lowest BCUT2D eigenvalue weighted by Crippen LogP contribution is -2.27. The van der Waals surface area contributed by atoms with E-state index in [2.05, 4.69) is 13.5 Å². The van der Waals surface area contributed by atoms with E-state index in [4.69, 9.17) is 10.5 Å². The molecule has 0 bridgehead atoms. The Morgan fingerprint density at radius 1 is 1.18 bits per heavy atom. The van der Waals surface area contributed by atoms with Gasteiger partial charge in [-0.25, -0.2) is 4.79 Å². The Morgan fingerprint density at radius 2 is 1.71 bits per heavy atom. The summed E-state index contributed by atoms with van der Waals surface area (Å²) in [5.74, 6) is -0.388. The standard InChI is InChI=1S/C14H27NO2/c1-4-5-6-7-8-9-10-11-13(15)17-14(16)12(2)3/h13H,2,4-11,15H2,1,3H3. The van der Waals surface area contributed by atoms with Gasteiger partial charge in [-0.15, -0.1) is 0 Å². The fourth-order valence-electron chi connectivity index (χ4n) is 1.60. The average molecular weight is 241 g/mol. The van der Waals surface area contributed by atoms with Gasteiger partial charge in [0.1, 0.15) is 0 Å². The molecule has 0 saturated heterocycles. The number of rotatable bonds is 10. The summed E-state index contributed by atoms with van der Waals surface area (Å²) in [6.07, 6.45) is 8.95. The van der Waals surface area contributed by atoms with Gasteiger partial charge < -0.3 is 4.74 Å². The highest BCUT2D eigenvalue weighted by Crippen LogP contribution is 2.10. The van der Waals surface area contributed by atoms with Crippen molar-refractivity contribution in [1.29, 1.82) is 0 Å². The van der Waals surface area contributed by atoms with Crippen molar-refractivity contribution in [3.63, 3.8) is 0 Å². The van der Waals surface area contributed by atoms with E-state index in [0.717, 1.165) is 12.8 Å². The van der Waals surface area contributed by atoms with Crippen LogP contribution in [0.25, 0.3) is 0 Å². The molecule has 100 valence electrons. The number of nitrogens with two attached hydrogens (primary N) is 1. The zero-order valence-electron chi connectivity index (χ0n) is 11.3. The summed E-state index contributed by atoms with van der Waals surface area (Å²) in [7, 11) is 0. The molecule has 0 saturated carbocycles. The summed E-state index contributed by atoms with van der Waals surface area (Å²) in [6.45, 7) is 7.36. The van der Waals surface area contributed by atoms with Gasteiger partial charge in [0.05, 0.1) is 0 Å². The van der Waals surface area contributed by atoms with Gasteiger partial charge in [-0.1, -0.05) is 52.0 Å². The Hall–Kier alpha value is -0.830. The highest BCUT2D eigenvalue weighted by Gasteiger charge is 2.09. The molecule has 17 heavy (non-hydrogen) atoms. The Balaban J connectivity index is 3.36. The lowest BCUT2D eigenvalue weighted by molar-refractivity contribution is -0.144. The molecule has 0 aliphatic heterocycles. The summed E-state index contributed by atoms with van der Waals surface area (Å²) in [4.78, 5) is 11.2. The predicted molar refractivity (Wildman–Crippen MR) is 71.5 cm³/mol. The number of esters is 1. The summed E-state index contributed by atoms with van der Waals surface area (Å²) in [6, 6.07) is 0. The summed E-state index contributed by atoms with van der Waals surface area (Å²) >= 11 is 0. The second-order valence-corrected chi connectivity index (χ2v) is 4.63. The SMILES string of the molecule is C=C(C)C(=O)OC(N)CCCCCCCCC. The maximum Gasteiger partial charge on any atom is 0.334 e. The number of unbranched alkanes of at least 4 members (excludes halogenated alkanes) is 6. The monoisotopic (exact) mass is 241 g/mol. The Bertz CT molecular complexity index is 226. The van der Waals surface area contributed by atoms with Crippen LogP contribution in [0.3, 0.4) is 0 Å². The van der Waals surface area contributed by atoms with Crippen LogP contribution in [0.5, 0.6) is 0 Å². The molecule has 0 heterocycles. The quantitative estimate of drug-likeness (QED) is 0.275. The minimum atomic E-state index is -0.477. The van der Waals surface area contributed by atoms with Crippen molar-refractivity contribution < 1.29 is 9.53 Å². The van der Waals surface area contributed by atoms with E-state index in [1.54, 1.807) is 6.92 Å². The molecule has 0 fully saturated rings. The molecule has 1 atom stereocenters. The van der Waals surface area contributed by atoms with Crippen LogP contribution in [-0.4, -0.2) is 12.2 Å². The van der Waals surface area contributed by atoms with Crippen molar-refractivity contribution in [2.24, 2.45) is 5.73 Å². The zero-order valence-corrected chi connectivity index (χ0v) is 11.3. The first-order valence-corrected chi connectivity index (χ1v) is 6.70. The van der Waals surface area contributed by atoms with Crippen LogP contribution in [0.15, 0.2) is 12.2 Å². The number of hydrogen-bond donors (Lipinski definition) is 1. The number of carbonyl (C=O) groups is 1. The molecule has 0 radical (unpaired) electrons. The van der Waals surface area contributed by atoms with Crippen LogP contribution in [0.2, 0.25) is 0 Å². The Labute approximate surface area is 105 Å². The van der Waals surface area contributed by atoms with Crippen molar-refractivity contribution in [1.82, 2.24) is 0 Å². The average Bonchev–Trinajstić information content (AvgIpc) is 2.27. The third-order valence-corrected chi connectivity index (χ3v) is 2.70. The topological polar surface area (TPSA) is 52.3 Å². The minimum Gasteiger partial charge on any atom is -0.443 e. The zero-order chi connectivity index (χ0) is 13.1. The van der Waals surface area contributed by atoms with Crippen molar-refractivity contribution in [2.75, 3.05) is 0 Å². The summed E-state index contributed by atoms with van der Waals surface area (Å²) < 4.78 is 5.00. The molecule has 1 unspecified atom stereocenters. The number of hydrogen-bond acceptors (Lipinski definition) is 3. The molecule has 0 aromatic heterocycles. The van der Waals surface area contributed by atoms with Gasteiger partial charge in [0.25, 0.3) is 0 Å². The molecule has 0 amide bonds. The first-order chi connectivity index (χ1) is 8.07. The first-order valence-electron chi connectivity index (χ1n) is 6.70. The lowest BCUT2D eigenvalue weighted by atomic mass is 10.1. The van der Waals surface area contributed by atoms with Crippen LogP contribution in [0, 0.1) is 0 Å². The molecule has 0 spiro atoms. The Morgan fingerprint density at radius 3 is 2.24 bits per heavy atom. The molecule has 0 aromatic carbocycles. The van der Waals surface area contributed by atoms with E-state index >= 15 is 0 Å². The van der Waals surface area contributed by atoms with E-state index in [9.17, 15) is 4.79 Å². The maximum atomic E-state index is 11.2. The molecule has 0 aliphatic carbocycles. The summed E-state index contributed by atoms with van der Waals surface area (Å²) in [5.41, 5.74) is 6.09. The van der Waals surface area contributed by atoms with E-state index in [1.807, 2.05) is 0 Å². The van der Waals surface area contributed by atoms with Crippen molar-refractivity contribution in [3.8, 4) is 0 Å². The molecular formula is C14H27NO2. The fraction of sp³-hybridized carbons (Fsp3) is 0.786. The normalized spacial score (nSPS) is 12.2. The van der Waals surface area contributed by atoms with E-state index in [0.29, 0.717) is 5.57 Å². The van der Waals surface area contributed by atoms with Crippen molar-refractivity contribution in [2.45, 2.75) is 71.4 Å². The largest absolute Gasteiger partial charge is 0.443 e.